The SMILES string of the molecule is O=C(NC1=NN(c2c(Cl)cc(Cl)cc2Cl)C(=O)C1)c1ccccc1. The smallest absolute Gasteiger partial charge is 0.256 e. The van der Waals surface area contributed by atoms with Gasteiger partial charge in [0.1, 0.15) is 11.5 Å². The average molecular weight is 383 g/mol. The van der Waals surface area contributed by atoms with Crippen molar-refractivity contribution >= 4 is 58.1 Å². The second-order valence-electron chi connectivity index (χ2n) is 4.97. The van der Waals surface area contributed by atoms with Crippen molar-refractivity contribution in [1.82, 2.24) is 5.32 Å². The number of carbonyl (C=O) groups is 2. The third-order valence-electron chi connectivity index (χ3n) is 3.26. The van der Waals surface area contributed by atoms with Crippen molar-refractivity contribution in [2.75, 3.05) is 5.01 Å². The molecule has 2 amide bonds. The van der Waals surface area contributed by atoms with Gasteiger partial charge in [-0.05, 0) is 24.3 Å². The second kappa shape index (κ2) is 6.81. The van der Waals surface area contributed by atoms with E-state index in [1.54, 1.807) is 30.3 Å². The van der Waals surface area contributed by atoms with Crippen LogP contribution >= 0.6 is 34.8 Å². The Kier molecular flexibility index (Phi) is 4.76. The van der Waals surface area contributed by atoms with E-state index in [2.05, 4.69) is 10.4 Å². The Labute approximate surface area is 152 Å². The Hall–Kier alpha value is -2.08. The van der Waals surface area contributed by atoms with Crippen molar-refractivity contribution in [2.45, 2.75) is 6.42 Å². The van der Waals surface area contributed by atoms with E-state index in [1.807, 2.05) is 0 Å². The van der Waals surface area contributed by atoms with E-state index in [9.17, 15) is 9.59 Å². The van der Waals surface area contributed by atoms with Gasteiger partial charge in [-0.2, -0.15) is 10.1 Å². The van der Waals surface area contributed by atoms with Gasteiger partial charge in [-0.25, -0.2) is 0 Å². The van der Waals surface area contributed by atoms with Crippen molar-refractivity contribution in [2.24, 2.45) is 5.10 Å². The third kappa shape index (κ3) is 3.38. The quantitative estimate of drug-likeness (QED) is 0.849. The fraction of sp³-hybridized carbons (Fsp3) is 0.0625. The number of carbonyl (C=O) groups excluding carboxylic acids is 2. The number of amides is 2. The molecule has 2 aromatic rings. The van der Waals surface area contributed by atoms with Crippen LogP contribution in [0, 0.1) is 0 Å². The maximum absolute atomic E-state index is 12.2. The Balaban J connectivity index is 1.85. The molecule has 2 aromatic carbocycles. The number of benzene rings is 2. The largest absolute Gasteiger partial charge is 0.308 e. The summed E-state index contributed by atoms with van der Waals surface area (Å²) < 4.78 is 0. The minimum atomic E-state index is -0.357. The lowest BCUT2D eigenvalue weighted by atomic mass is 10.2. The monoisotopic (exact) mass is 381 g/mol. The van der Waals surface area contributed by atoms with Crippen molar-refractivity contribution in [3.05, 3.63) is 63.1 Å². The third-order valence-corrected chi connectivity index (χ3v) is 4.06. The lowest BCUT2D eigenvalue weighted by Crippen LogP contribution is -2.29. The normalized spacial score (nSPS) is 13.9. The van der Waals surface area contributed by atoms with E-state index in [0.717, 1.165) is 5.01 Å². The molecule has 0 spiro atoms. The zero-order chi connectivity index (χ0) is 17.3. The zero-order valence-electron chi connectivity index (χ0n) is 12.1. The molecule has 24 heavy (non-hydrogen) atoms. The molecular formula is C16H10Cl3N3O2. The number of rotatable bonds is 2. The van der Waals surface area contributed by atoms with Gasteiger partial charge in [-0.3, -0.25) is 9.59 Å². The highest BCUT2D eigenvalue weighted by molar-refractivity contribution is 6.42. The maximum atomic E-state index is 12.2. The van der Waals surface area contributed by atoms with Crippen LogP contribution in [0.15, 0.2) is 47.6 Å². The topological polar surface area (TPSA) is 61.8 Å². The number of hydrazone groups is 1. The highest BCUT2D eigenvalue weighted by Gasteiger charge is 2.29. The van der Waals surface area contributed by atoms with Gasteiger partial charge >= 0.3 is 0 Å². The summed E-state index contributed by atoms with van der Waals surface area (Å²) in [7, 11) is 0. The van der Waals surface area contributed by atoms with Crippen LogP contribution in [-0.2, 0) is 4.79 Å². The lowest BCUT2D eigenvalue weighted by molar-refractivity contribution is -0.116. The molecule has 1 aliphatic rings. The molecule has 0 fully saturated rings. The first kappa shape index (κ1) is 16.8. The van der Waals surface area contributed by atoms with Crippen LogP contribution in [0.5, 0.6) is 0 Å². The first-order valence-electron chi connectivity index (χ1n) is 6.87. The maximum Gasteiger partial charge on any atom is 0.256 e. The number of hydrogen-bond acceptors (Lipinski definition) is 3. The molecule has 0 saturated carbocycles. The Morgan fingerprint density at radius 1 is 1.08 bits per heavy atom. The number of hydrogen-bond donors (Lipinski definition) is 1. The summed E-state index contributed by atoms with van der Waals surface area (Å²) in [4.78, 5) is 24.3. The molecule has 0 atom stereocenters. The lowest BCUT2D eigenvalue weighted by Gasteiger charge is -2.15. The van der Waals surface area contributed by atoms with Gasteiger partial charge in [0.25, 0.3) is 11.8 Å². The summed E-state index contributed by atoms with van der Waals surface area (Å²) in [6.07, 6.45) is -0.0616. The number of anilines is 1. The van der Waals surface area contributed by atoms with E-state index in [1.165, 1.54) is 12.1 Å². The van der Waals surface area contributed by atoms with E-state index < -0.39 is 0 Å². The molecule has 1 heterocycles. The van der Waals surface area contributed by atoms with E-state index in [0.29, 0.717) is 10.6 Å². The molecule has 3 rings (SSSR count). The summed E-state index contributed by atoms with van der Waals surface area (Å²) in [5.74, 6) is -0.488. The highest BCUT2D eigenvalue weighted by Crippen LogP contribution is 2.38. The average Bonchev–Trinajstić information content (AvgIpc) is 2.87. The van der Waals surface area contributed by atoms with Crippen molar-refractivity contribution in [3.63, 3.8) is 0 Å². The number of nitrogens with one attached hydrogen (secondary N) is 1. The van der Waals surface area contributed by atoms with Gasteiger partial charge in [-0.1, -0.05) is 53.0 Å². The fourth-order valence-corrected chi connectivity index (χ4v) is 3.18. The van der Waals surface area contributed by atoms with Gasteiger partial charge in [0.15, 0.2) is 0 Å². The molecule has 0 unspecified atom stereocenters. The summed E-state index contributed by atoms with van der Waals surface area (Å²) >= 11 is 18.1. The molecule has 0 aromatic heterocycles. The number of amidine groups is 1. The predicted octanol–water partition coefficient (Wildman–Crippen LogP) is 4.13. The summed E-state index contributed by atoms with van der Waals surface area (Å²) in [5.41, 5.74) is 0.699. The molecule has 0 saturated heterocycles. The molecule has 0 bridgehead atoms. The Morgan fingerprint density at radius 3 is 2.33 bits per heavy atom. The Bertz CT molecular complexity index is 830. The number of nitrogens with zero attached hydrogens (tertiary/aromatic N) is 2. The van der Waals surface area contributed by atoms with E-state index in [4.69, 9.17) is 34.8 Å². The highest BCUT2D eigenvalue weighted by atomic mass is 35.5. The van der Waals surface area contributed by atoms with Crippen molar-refractivity contribution in [3.8, 4) is 0 Å². The molecule has 0 aliphatic carbocycles. The molecule has 5 nitrogen and oxygen atoms in total. The van der Waals surface area contributed by atoms with Crippen LogP contribution in [0.2, 0.25) is 15.1 Å². The Morgan fingerprint density at radius 2 is 1.71 bits per heavy atom. The summed E-state index contributed by atoms with van der Waals surface area (Å²) in [5, 5.41) is 8.53. The van der Waals surface area contributed by atoms with Gasteiger partial charge in [-0.15, -0.1) is 0 Å². The minimum Gasteiger partial charge on any atom is -0.308 e. The van der Waals surface area contributed by atoms with Gasteiger partial charge in [0, 0.05) is 10.6 Å². The van der Waals surface area contributed by atoms with Crippen LogP contribution < -0.4 is 10.3 Å². The summed E-state index contributed by atoms with van der Waals surface area (Å²) in [6.45, 7) is 0. The van der Waals surface area contributed by atoms with Crippen molar-refractivity contribution < 1.29 is 9.59 Å². The van der Waals surface area contributed by atoms with Crippen molar-refractivity contribution in [1.29, 1.82) is 0 Å². The molecule has 122 valence electrons. The predicted molar refractivity (Wildman–Crippen MR) is 94.9 cm³/mol. The molecule has 8 heteroatoms. The van der Waals surface area contributed by atoms with E-state index in [-0.39, 0.29) is 39.8 Å². The molecule has 0 radical (unpaired) electrons. The van der Waals surface area contributed by atoms with Gasteiger partial charge in [0.2, 0.25) is 0 Å². The molecule has 1 N–H and O–H groups in total. The standard InChI is InChI=1S/C16H10Cl3N3O2/c17-10-6-11(18)15(12(19)7-10)22-14(23)8-13(21-22)20-16(24)9-4-2-1-3-5-9/h1-7H,8H2,(H,20,21,24). The first-order chi connectivity index (χ1) is 11.5. The fourth-order valence-electron chi connectivity index (χ4n) is 2.20. The van der Waals surface area contributed by atoms with Crippen LogP contribution in [0.3, 0.4) is 0 Å². The van der Waals surface area contributed by atoms with E-state index >= 15 is 0 Å². The first-order valence-corrected chi connectivity index (χ1v) is 8.00. The number of halogens is 3. The molecular weight excluding hydrogens is 373 g/mol. The van der Waals surface area contributed by atoms with Gasteiger partial charge in [0.05, 0.1) is 16.5 Å². The second-order valence-corrected chi connectivity index (χ2v) is 6.22. The van der Waals surface area contributed by atoms with Crippen LogP contribution in [0.1, 0.15) is 16.8 Å². The minimum absolute atomic E-state index is 0.0616. The zero-order valence-corrected chi connectivity index (χ0v) is 14.4. The van der Waals surface area contributed by atoms with Crippen LogP contribution in [0.25, 0.3) is 0 Å². The summed E-state index contributed by atoms with van der Waals surface area (Å²) in [6, 6.07) is 11.6. The van der Waals surface area contributed by atoms with Gasteiger partial charge < -0.3 is 5.32 Å². The van der Waals surface area contributed by atoms with Crippen LogP contribution in [-0.4, -0.2) is 17.6 Å². The van der Waals surface area contributed by atoms with Crippen LogP contribution in [0.4, 0.5) is 5.69 Å². The molecule has 1 aliphatic heterocycles.